The largest absolute Gasteiger partial charge is 0.488 e. The highest BCUT2D eigenvalue weighted by Crippen LogP contribution is 2.32. The summed E-state index contributed by atoms with van der Waals surface area (Å²) in [5.41, 5.74) is 5.21. The number of likely N-dealkylation sites (N-methyl/N-ethyl adjacent to an activating group) is 1. The number of hydrogen-bond donors (Lipinski definition) is 2. The Balaban J connectivity index is 1.26. The quantitative estimate of drug-likeness (QED) is 0.172. The third-order valence-corrected chi connectivity index (χ3v) is 8.08. The monoisotopic (exact) mass is 576 g/mol. The van der Waals surface area contributed by atoms with Gasteiger partial charge >= 0.3 is 5.97 Å². The molecule has 1 unspecified atom stereocenters. The van der Waals surface area contributed by atoms with Crippen LogP contribution in [0, 0.1) is 0 Å². The van der Waals surface area contributed by atoms with E-state index in [0.29, 0.717) is 29.3 Å². The van der Waals surface area contributed by atoms with Crippen LogP contribution in [0.25, 0.3) is 0 Å². The number of carbonyl (C=O) groups excluding carboxylic acids is 2. The van der Waals surface area contributed by atoms with Gasteiger partial charge in [-0.15, -0.1) is 0 Å². The second-order valence-corrected chi connectivity index (χ2v) is 11.2. The van der Waals surface area contributed by atoms with Crippen molar-refractivity contribution in [1.82, 2.24) is 5.32 Å². The molecular weight excluding hydrogens is 536 g/mol. The summed E-state index contributed by atoms with van der Waals surface area (Å²) in [6.07, 6.45) is 7.05. The van der Waals surface area contributed by atoms with Crippen LogP contribution in [0.3, 0.4) is 0 Å². The Hall–Kier alpha value is -4.42. The lowest BCUT2D eigenvalue weighted by Gasteiger charge is -2.22. The lowest BCUT2D eigenvalue weighted by molar-refractivity contribution is -0.118. The number of rotatable bonds is 12. The van der Waals surface area contributed by atoms with E-state index in [0.717, 1.165) is 16.7 Å². The lowest BCUT2D eigenvalue weighted by Crippen LogP contribution is -2.40. The van der Waals surface area contributed by atoms with Gasteiger partial charge in [0.15, 0.2) is 0 Å². The molecule has 4 aromatic rings. The van der Waals surface area contributed by atoms with Crippen LogP contribution in [0.5, 0.6) is 5.75 Å². The first-order valence-electron chi connectivity index (χ1n) is 15.2. The maximum absolute atomic E-state index is 13.3. The van der Waals surface area contributed by atoms with Crippen molar-refractivity contribution in [2.24, 2.45) is 0 Å². The fourth-order valence-corrected chi connectivity index (χ4v) is 5.58. The van der Waals surface area contributed by atoms with E-state index in [2.05, 4.69) is 34.9 Å². The first kappa shape index (κ1) is 30.1. The van der Waals surface area contributed by atoms with Crippen LogP contribution in [0.15, 0.2) is 103 Å². The number of amides is 1. The molecule has 0 aliphatic heterocycles. The zero-order valence-electron chi connectivity index (χ0n) is 24.8. The van der Waals surface area contributed by atoms with Crippen LogP contribution in [0.1, 0.15) is 70.6 Å². The van der Waals surface area contributed by atoms with Gasteiger partial charge in [-0.25, -0.2) is 4.79 Å². The smallest absolute Gasteiger partial charge is 0.342 e. The second kappa shape index (κ2) is 15.2. The summed E-state index contributed by atoms with van der Waals surface area (Å²) in [5, 5.41) is 6.16. The molecule has 2 N–H and O–H groups in total. The third kappa shape index (κ3) is 8.55. The maximum Gasteiger partial charge on any atom is 0.342 e. The number of hydrogen-bond acceptors (Lipinski definition) is 5. The van der Waals surface area contributed by atoms with Crippen LogP contribution >= 0.6 is 0 Å². The van der Waals surface area contributed by atoms with Gasteiger partial charge in [0.1, 0.15) is 24.5 Å². The molecule has 1 aliphatic rings. The molecule has 1 fully saturated rings. The highest BCUT2D eigenvalue weighted by molar-refractivity contribution is 5.97. The van der Waals surface area contributed by atoms with E-state index in [-0.39, 0.29) is 19.1 Å². The molecule has 6 nitrogen and oxygen atoms in total. The number of nitrogens with one attached hydrogen (secondary N) is 2. The Morgan fingerprint density at radius 2 is 1.42 bits per heavy atom. The van der Waals surface area contributed by atoms with Crippen molar-refractivity contribution in [2.45, 2.75) is 63.7 Å². The molecule has 6 heteroatoms. The summed E-state index contributed by atoms with van der Waals surface area (Å²) in [7, 11) is 1.79. The molecule has 0 spiro atoms. The SMILES string of the molecule is CNC(Cc1ccc(C2CCCCC2)cc1)C(=O)Nc1ccc(C(=O)OCc2ccccc2)c(OCc2ccccc2)c1. The Morgan fingerprint density at radius 1 is 0.767 bits per heavy atom. The Kier molecular flexibility index (Phi) is 10.6. The molecular formula is C37H40N2O4. The van der Waals surface area contributed by atoms with Gasteiger partial charge in [0.25, 0.3) is 0 Å². The van der Waals surface area contributed by atoms with Crippen LogP contribution in [0.4, 0.5) is 5.69 Å². The van der Waals surface area contributed by atoms with Gasteiger partial charge in [-0.2, -0.15) is 0 Å². The highest BCUT2D eigenvalue weighted by atomic mass is 16.5. The summed E-state index contributed by atoms with van der Waals surface area (Å²) in [6, 6.07) is 32.6. The molecule has 0 radical (unpaired) electrons. The van der Waals surface area contributed by atoms with Crippen LogP contribution in [-0.4, -0.2) is 25.0 Å². The number of benzene rings is 4. The predicted octanol–water partition coefficient (Wildman–Crippen LogP) is 7.44. The van der Waals surface area contributed by atoms with Gasteiger partial charge in [-0.05, 0) is 66.6 Å². The Labute approximate surface area is 254 Å². The summed E-state index contributed by atoms with van der Waals surface area (Å²) >= 11 is 0. The highest BCUT2D eigenvalue weighted by Gasteiger charge is 2.21. The summed E-state index contributed by atoms with van der Waals surface area (Å²) in [6.45, 7) is 0.426. The zero-order chi connectivity index (χ0) is 29.9. The molecule has 1 aliphatic carbocycles. The number of anilines is 1. The van der Waals surface area contributed by atoms with Crippen molar-refractivity contribution < 1.29 is 19.1 Å². The van der Waals surface area contributed by atoms with Gasteiger partial charge in [0.05, 0.1) is 6.04 Å². The molecule has 1 saturated carbocycles. The molecule has 222 valence electrons. The number of carbonyl (C=O) groups is 2. The second-order valence-electron chi connectivity index (χ2n) is 11.2. The van der Waals surface area contributed by atoms with E-state index in [1.54, 1.807) is 25.2 Å². The first-order valence-corrected chi connectivity index (χ1v) is 15.2. The van der Waals surface area contributed by atoms with Crippen molar-refractivity contribution >= 4 is 17.6 Å². The topological polar surface area (TPSA) is 76.7 Å². The van der Waals surface area contributed by atoms with Gasteiger partial charge in [0.2, 0.25) is 5.91 Å². The molecule has 1 amide bonds. The normalized spacial score (nSPS) is 14.1. The van der Waals surface area contributed by atoms with Crippen molar-refractivity contribution in [3.05, 3.63) is 131 Å². The first-order chi connectivity index (χ1) is 21.1. The fourth-order valence-electron chi connectivity index (χ4n) is 5.58. The van der Waals surface area contributed by atoms with E-state index in [4.69, 9.17) is 9.47 Å². The predicted molar refractivity (Wildman–Crippen MR) is 170 cm³/mol. The fraction of sp³-hybridized carbons (Fsp3) is 0.297. The van der Waals surface area contributed by atoms with E-state index in [1.165, 1.54) is 37.7 Å². The van der Waals surface area contributed by atoms with Crippen molar-refractivity contribution in [1.29, 1.82) is 0 Å². The molecule has 1 atom stereocenters. The van der Waals surface area contributed by atoms with Gasteiger partial charge in [0, 0.05) is 11.8 Å². The average molecular weight is 577 g/mol. The molecule has 0 bridgehead atoms. The van der Waals surface area contributed by atoms with Crippen molar-refractivity contribution in [2.75, 3.05) is 12.4 Å². The minimum absolute atomic E-state index is 0.155. The molecule has 4 aromatic carbocycles. The summed E-state index contributed by atoms with van der Waals surface area (Å²) in [5.74, 6) is 0.351. The number of ether oxygens (including phenoxy) is 2. The zero-order valence-corrected chi connectivity index (χ0v) is 24.8. The summed E-state index contributed by atoms with van der Waals surface area (Å²) < 4.78 is 11.7. The molecule has 5 rings (SSSR count). The van der Waals surface area contributed by atoms with Crippen LogP contribution in [-0.2, 0) is 29.2 Å². The van der Waals surface area contributed by atoms with Crippen LogP contribution < -0.4 is 15.4 Å². The van der Waals surface area contributed by atoms with Gasteiger partial charge in [-0.3, -0.25) is 4.79 Å². The van der Waals surface area contributed by atoms with Crippen LogP contribution in [0.2, 0.25) is 0 Å². The molecule has 0 heterocycles. The minimum Gasteiger partial charge on any atom is -0.488 e. The molecule has 43 heavy (non-hydrogen) atoms. The maximum atomic E-state index is 13.3. The molecule has 0 aromatic heterocycles. The Morgan fingerprint density at radius 3 is 2.07 bits per heavy atom. The van der Waals surface area contributed by atoms with Gasteiger partial charge < -0.3 is 20.1 Å². The third-order valence-electron chi connectivity index (χ3n) is 8.08. The van der Waals surface area contributed by atoms with Crippen molar-refractivity contribution in [3.63, 3.8) is 0 Å². The van der Waals surface area contributed by atoms with Crippen molar-refractivity contribution in [3.8, 4) is 5.75 Å². The average Bonchev–Trinajstić information content (AvgIpc) is 3.07. The van der Waals surface area contributed by atoms with Gasteiger partial charge in [-0.1, -0.05) is 104 Å². The lowest BCUT2D eigenvalue weighted by atomic mass is 9.84. The number of esters is 1. The van der Waals surface area contributed by atoms with E-state index >= 15 is 0 Å². The van der Waals surface area contributed by atoms with E-state index in [1.807, 2.05) is 60.7 Å². The standard InChI is InChI=1S/C37H40N2O4/c1-38-34(23-27-17-19-31(20-18-27)30-15-9-4-10-16-30)36(40)39-32-21-22-33(37(41)43-26-29-13-7-3-8-14-29)35(24-32)42-25-28-11-5-2-6-12-28/h2-3,5-8,11-14,17-22,24,30,34,38H,4,9-10,15-16,23,25-26H2,1H3,(H,39,40). The Bertz CT molecular complexity index is 1470. The molecule has 0 saturated heterocycles. The van der Waals surface area contributed by atoms with E-state index in [9.17, 15) is 9.59 Å². The minimum atomic E-state index is -0.491. The summed E-state index contributed by atoms with van der Waals surface area (Å²) in [4.78, 5) is 26.4. The van der Waals surface area contributed by atoms with E-state index < -0.39 is 12.0 Å².